The van der Waals surface area contributed by atoms with Crippen LogP contribution in [0.3, 0.4) is 0 Å². The molecule has 1 aromatic carbocycles. The molecule has 16 heavy (non-hydrogen) atoms. The van der Waals surface area contributed by atoms with Gasteiger partial charge in [-0.05, 0) is 18.4 Å². The van der Waals surface area contributed by atoms with Crippen molar-refractivity contribution in [2.45, 2.75) is 18.0 Å². The zero-order chi connectivity index (χ0) is 12.0. The minimum absolute atomic E-state index is 0.381. The van der Waals surface area contributed by atoms with Crippen LogP contribution >= 0.6 is 31.6 Å². The summed E-state index contributed by atoms with van der Waals surface area (Å²) in [7, 11) is -2.11. The molecule has 0 saturated heterocycles. The highest BCUT2D eigenvalue weighted by atomic mass is 35.5. The second kappa shape index (κ2) is 6.78. The van der Waals surface area contributed by atoms with Crippen LogP contribution in [0.15, 0.2) is 30.3 Å². The number of hydrogen-bond donors (Lipinski definition) is 2. The van der Waals surface area contributed by atoms with Crippen molar-refractivity contribution < 1.29 is 9.79 Å². The van der Waals surface area contributed by atoms with E-state index in [-0.39, 0.29) is 0 Å². The molecule has 2 N–H and O–H groups in total. The first-order valence-electron chi connectivity index (χ1n) is 5.03. The molecule has 0 radical (unpaired) electrons. The molecule has 5 heteroatoms. The summed E-state index contributed by atoms with van der Waals surface area (Å²) in [6.45, 7) is 0. The fourth-order valence-corrected chi connectivity index (χ4v) is 3.70. The maximum absolute atomic E-state index is 9.68. The lowest BCUT2D eigenvalue weighted by Crippen LogP contribution is -2.25. The normalized spacial score (nSPS) is 12.1. The Morgan fingerprint density at radius 3 is 1.88 bits per heavy atom. The smallest absolute Gasteiger partial charge is 0.176 e. The molecule has 0 saturated carbocycles. The van der Waals surface area contributed by atoms with Gasteiger partial charge in [-0.25, -0.2) is 0 Å². The van der Waals surface area contributed by atoms with Crippen LogP contribution in [0.1, 0.15) is 18.4 Å². The van der Waals surface area contributed by atoms with Crippen molar-refractivity contribution >= 4 is 31.6 Å². The maximum atomic E-state index is 9.68. The zero-order valence-electron chi connectivity index (χ0n) is 8.81. The monoisotopic (exact) mass is 280 g/mol. The molecule has 0 amide bonds. The molecular formula is C11H15Cl2O2P. The van der Waals surface area contributed by atoms with E-state index >= 15 is 0 Å². The van der Waals surface area contributed by atoms with Gasteiger partial charge in [-0.3, -0.25) is 0 Å². The summed E-state index contributed by atoms with van der Waals surface area (Å²) in [6.07, 6.45) is 1.04. The van der Waals surface area contributed by atoms with Crippen molar-refractivity contribution in [1.29, 1.82) is 0 Å². The number of benzene rings is 1. The van der Waals surface area contributed by atoms with Gasteiger partial charge in [0.1, 0.15) is 0 Å². The quantitative estimate of drug-likeness (QED) is 0.619. The first kappa shape index (κ1) is 14.2. The maximum Gasteiger partial charge on any atom is 0.176 e. The van der Waals surface area contributed by atoms with Crippen LogP contribution < -0.4 is 0 Å². The summed E-state index contributed by atoms with van der Waals surface area (Å²) < 4.78 is 0. The van der Waals surface area contributed by atoms with Crippen LogP contribution in [0.5, 0.6) is 0 Å². The summed E-state index contributed by atoms with van der Waals surface area (Å²) in [5.74, 6) is 0.761. The van der Waals surface area contributed by atoms with Gasteiger partial charge in [-0.2, -0.15) is 0 Å². The van der Waals surface area contributed by atoms with Gasteiger partial charge in [0.05, 0.1) is 5.16 Å². The molecule has 90 valence electrons. The first-order valence-corrected chi connectivity index (χ1v) is 7.34. The minimum Gasteiger partial charge on any atom is -0.349 e. The molecule has 0 atom stereocenters. The van der Waals surface area contributed by atoms with Crippen molar-refractivity contribution in [3.63, 3.8) is 0 Å². The van der Waals surface area contributed by atoms with Crippen LogP contribution in [-0.4, -0.2) is 21.5 Å². The lowest BCUT2D eigenvalue weighted by molar-refractivity contribution is 0.405. The summed E-state index contributed by atoms with van der Waals surface area (Å²) in [5, 5.41) is -0.694. The third-order valence-electron chi connectivity index (χ3n) is 2.71. The van der Waals surface area contributed by atoms with E-state index in [4.69, 9.17) is 23.2 Å². The average Bonchev–Trinajstić information content (AvgIpc) is 2.29. The molecular weight excluding hydrogens is 266 g/mol. The van der Waals surface area contributed by atoms with Gasteiger partial charge >= 0.3 is 0 Å². The van der Waals surface area contributed by atoms with Crippen LogP contribution in [0.25, 0.3) is 0 Å². The van der Waals surface area contributed by atoms with E-state index < -0.39 is 13.5 Å². The Hall–Kier alpha value is 0.150. The van der Waals surface area contributed by atoms with Crippen LogP contribution in [0.2, 0.25) is 0 Å². The molecule has 0 aromatic heterocycles. The van der Waals surface area contributed by atoms with Crippen molar-refractivity contribution in [3.05, 3.63) is 35.9 Å². The lowest BCUT2D eigenvalue weighted by Gasteiger charge is -2.34. The lowest BCUT2D eigenvalue weighted by atomic mass is 9.92. The Morgan fingerprint density at radius 1 is 1.00 bits per heavy atom. The van der Waals surface area contributed by atoms with E-state index in [2.05, 4.69) is 0 Å². The average molecular weight is 281 g/mol. The van der Waals surface area contributed by atoms with Gasteiger partial charge < -0.3 is 9.79 Å². The fraction of sp³-hybridized carbons (Fsp3) is 0.455. The Balaban J connectivity index is 3.10. The van der Waals surface area contributed by atoms with E-state index in [1.165, 1.54) is 0 Å². The van der Waals surface area contributed by atoms with Gasteiger partial charge in [0, 0.05) is 11.8 Å². The Labute approximate surface area is 107 Å². The standard InChI is InChI=1S/C11H15Cl2O2P/c12-8-6-11(7-9-13,16(14)15)10-4-2-1-3-5-10/h1-5,14-15H,6-9H2. The van der Waals surface area contributed by atoms with Crippen LogP contribution in [0, 0.1) is 0 Å². The van der Waals surface area contributed by atoms with Gasteiger partial charge in [0.2, 0.25) is 0 Å². The number of halogens is 2. The molecule has 2 nitrogen and oxygen atoms in total. The summed E-state index contributed by atoms with van der Waals surface area (Å²) in [4.78, 5) is 19.4. The molecule has 0 spiro atoms. The van der Waals surface area contributed by atoms with E-state index in [1.54, 1.807) is 0 Å². The molecule has 1 rings (SSSR count). The Kier molecular flexibility index (Phi) is 6.02. The highest BCUT2D eigenvalue weighted by Gasteiger charge is 2.38. The third kappa shape index (κ3) is 3.09. The minimum atomic E-state index is -2.11. The number of hydrogen-bond acceptors (Lipinski definition) is 2. The van der Waals surface area contributed by atoms with Crippen molar-refractivity contribution in [1.82, 2.24) is 0 Å². The van der Waals surface area contributed by atoms with Crippen LogP contribution in [-0.2, 0) is 5.16 Å². The van der Waals surface area contributed by atoms with Gasteiger partial charge in [0.25, 0.3) is 0 Å². The second-order valence-corrected chi connectivity index (χ2v) is 5.76. The highest BCUT2D eigenvalue weighted by Crippen LogP contribution is 2.55. The molecule has 0 unspecified atom stereocenters. The third-order valence-corrected chi connectivity index (χ3v) is 4.56. The largest absolute Gasteiger partial charge is 0.349 e. The second-order valence-electron chi connectivity index (χ2n) is 3.57. The predicted molar refractivity (Wildman–Crippen MR) is 70.2 cm³/mol. The SMILES string of the molecule is OP(O)C(CCCl)(CCCl)c1ccccc1. The van der Waals surface area contributed by atoms with Crippen molar-refractivity contribution in [3.8, 4) is 0 Å². The van der Waals surface area contributed by atoms with Crippen molar-refractivity contribution in [2.24, 2.45) is 0 Å². The predicted octanol–water partition coefficient (Wildman–Crippen LogP) is 3.44. The highest BCUT2D eigenvalue weighted by molar-refractivity contribution is 7.46. The van der Waals surface area contributed by atoms with Gasteiger partial charge in [-0.15, -0.1) is 23.2 Å². The van der Waals surface area contributed by atoms with Crippen molar-refractivity contribution in [2.75, 3.05) is 11.8 Å². The summed E-state index contributed by atoms with van der Waals surface area (Å²) in [6, 6.07) is 9.44. The van der Waals surface area contributed by atoms with Gasteiger partial charge in [-0.1, -0.05) is 30.3 Å². The van der Waals surface area contributed by atoms with E-state index in [9.17, 15) is 9.79 Å². The molecule has 0 fully saturated rings. The molecule has 1 aromatic rings. The zero-order valence-corrected chi connectivity index (χ0v) is 11.2. The number of alkyl halides is 2. The van der Waals surface area contributed by atoms with E-state index in [0.29, 0.717) is 24.6 Å². The molecule has 0 aliphatic rings. The van der Waals surface area contributed by atoms with E-state index in [1.807, 2.05) is 30.3 Å². The summed E-state index contributed by atoms with van der Waals surface area (Å²) >= 11 is 11.5. The summed E-state index contributed by atoms with van der Waals surface area (Å²) in [5.41, 5.74) is 0.896. The molecule has 0 bridgehead atoms. The first-order chi connectivity index (χ1) is 7.67. The fourth-order valence-electron chi connectivity index (χ4n) is 1.79. The molecule has 0 aliphatic heterocycles. The number of rotatable bonds is 6. The van der Waals surface area contributed by atoms with Gasteiger partial charge in [0.15, 0.2) is 8.38 Å². The Bertz CT molecular complexity index is 300. The van der Waals surface area contributed by atoms with Crippen LogP contribution in [0.4, 0.5) is 0 Å². The van der Waals surface area contributed by atoms with E-state index in [0.717, 1.165) is 5.56 Å². The molecule has 0 aliphatic carbocycles. The Morgan fingerprint density at radius 2 is 1.50 bits per heavy atom. The molecule has 0 heterocycles. The topological polar surface area (TPSA) is 40.5 Å².